The van der Waals surface area contributed by atoms with Gasteiger partial charge in [-0.25, -0.2) is 18.5 Å². The van der Waals surface area contributed by atoms with Gasteiger partial charge in [-0.3, -0.25) is 0 Å². The zero-order valence-electron chi connectivity index (χ0n) is 17.2. The predicted molar refractivity (Wildman–Crippen MR) is 121 cm³/mol. The van der Waals surface area contributed by atoms with E-state index in [1.807, 2.05) is 62.4 Å². The van der Waals surface area contributed by atoms with E-state index in [1.54, 1.807) is 12.1 Å². The molecule has 6 nitrogen and oxygen atoms in total. The largest absolute Gasteiger partial charge is 0.494 e. The summed E-state index contributed by atoms with van der Waals surface area (Å²) >= 11 is 0. The number of hydrogen-bond donors (Lipinski definition) is 1. The van der Waals surface area contributed by atoms with E-state index >= 15 is 0 Å². The fourth-order valence-electron chi connectivity index (χ4n) is 3.21. The predicted octanol–water partition coefficient (Wildman–Crippen LogP) is 4.69. The first-order valence-electron chi connectivity index (χ1n) is 9.79. The SMILES string of the molecule is CCOc1ccc2oc(-c3ccc(C)cc3)cc(=Nc3ccc(S(N)(=O)=O)cc3)c2c1. The molecule has 0 amide bonds. The van der Waals surface area contributed by atoms with Crippen LogP contribution in [0.3, 0.4) is 0 Å². The molecule has 0 saturated carbocycles. The lowest BCUT2D eigenvalue weighted by Gasteiger charge is -2.08. The molecule has 158 valence electrons. The van der Waals surface area contributed by atoms with Crippen molar-refractivity contribution in [1.82, 2.24) is 0 Å². The van der Waals surface area contributed by atoms with Gasteiger partial charge in [-0.2, -0.15) is 0 Å². The van der Waals surface area contributed by atoms with Crippen LogP contribution in [-0.4, -0.2) is 15.0 Å². The molecule has 0 fully saturated rings. The van der Waals surface area contributed by atoms with Crippen molar-refractivity contribution < 1.29 is 17.6 Å². The molecule has 0 saturated heterocycles. The van der Waals surface area contributed by atoms with Gasteiger partial charge in [0.25, 0.3) is 0 Å². The van der Waals surface area contributed by atoms with E-state index in [-0.39, 0.29) is 4.90 Å². The molecule has 2 N–H and O–H groups in total. The highest BCUT2D eigenvalue weighted by Crippen LogP contribution is 2.26. The Hall–Kier alpha value is -3.42. The van der Waals surface area contributed by atoms with Crippen molar-refractivity contribution in [3.05, 3.63) is 83.7 Å². The number of sulfonamides is 1. The van der Waals surface area contributed by atoms with Crippen LogP contribution < -0.4 is 15.2 Å². The Kier molecular flexibility index (Phi) is 5.63. The highest BCUT2D eigenvalue weighted by atomic mass is 32.2. The molecule has 0 unspecified atom stereocenters. The molecule has 7 heteroatoms. The van der Waals surface area contributed by atoms with Gasteiger partial charge in [-0.15, -0.1) is 0 Å². The van der Waals surface area contributed by atoms with E-state index in [1.165, 1.54) is 12.1 Å². The molecule has 4 rings (SSSR count). The molecule has 0 spiro atoms. The molecule has 0 aliphatic rings. The van der Waals surface area contributed by atoms with Crippen LogP contribution in [0.15, 0.2) is 87.1 Å². The summed E-state index contributed by atoms with van der Waals surface area (Å²) < 4.78 is 34.8. The minimum absolute atomic E-state index is 0.0401. The van der Waals surface area contributed by atoms with Crippen LogP contribution in [0.2, 0.25) is 0 Å². The van der Waals surface area contributed by atoms with E-state index in [4.69, 9.17) is 19.3 Å². The van der Waals surface area contributed by atoms with Crippen LogP contribution in [0.25, 0.3) is 22.3 Å². The maximum atomic E-state index is 11.5. The quantitative estimate of drug-likeness (QED) is 0.493. The van der Waals surface area contributed by atoms with Crippen LogP contribution in [0.5, 0.6) is 5.75 Å². The molecule has 1 heterocycles. The van der Waals surface area contributed by atoms with Gasteiger partial charge in [0, 0.05) is 17.0 Å². The van der Waals surface area contributed by atoms with Crippen LogP contribution in [0.4, 0.5) is 5.69 Å². The molecule has 0 bridgehead atoms. The zero-order valence-corrected chi connectivity index (χ0v) is 18.0. The highest BCUT2D eigenvalue weighted by molar-refractivity contribution is 7.89. The minimum atomic E-state index is -3.76. The third-order valence-corrected chi connectivity index (χ3v) is 5.71. The monoisotopic (exact) mass is 434 g/mol. The van der Waals surface area contributed by atoms with E-state index in [2.05, 4.69) is 0 Å². The first-order chi connectivity index (χ1) is 14.8. The van der Waals surface area contributed by atoms with Crippen LogP contribution in [0, 0.1) is 6.92 Å². The second-order valence-corrected chi connectivity index (χ2v) is 8.67. The number of benzene rings is 3. The lowest BCUT2D eigenvalue weighted by Crippen LogP contribution is -2.11. The highest BCUT2D eigenvalue weighted by Gasteiger charge is 2.09. The van der Waals surface area contributed by atoms with E-state index in [0.717, 1.165) is 16.5 Å². The van der Waals surface area contributed by atoms with Gasteiger partial charge in [-0.1, -0.05) is 29.8 Å². The summed E-state index contributed by atoms with van der Waals surface area (Å²) in [5, 5.41) is 6.66. The summed E-state index contributed by atoms with van der Waals surface area (Å²) in [5.74, 6) is 1.39. The van der Waals surface area contributed by atoms with Crippen molar-refractivity contribution in [1.29, 1.82) is 0 Å². The Balaban J connectivity index is 1.92. The van der Waals surface area contributed by atoms with Gasteiger partial charge in [-0.05, 0) is 56.3 Å². The van der Waals surface area contributed by atoms with Gasteiger partial charge in [0.1, 0.15) is 17.1 Å². The van der Waals surface area contributed by atoms with Crippen molar-refractivity contribution in [3.63, 3.8) is 0 Å². The molecule has 1 aromatic heterocycles. The number of fused-ring (bicyclic) bond motifs is 1. The number of aryl methyl sites for hydroxylation is 1. The zero-order chi connectivity index (χ0) is 22.0. The molecule has 0 atom stereocenters. The number of nitrogens with two attached hydrogens (primary N) is 1. The summed E-state index contributed by atoms with van der Waals surface area (Å²) in [7, 11) is -3.76. The Morgan fingerprint density at radius 3 is 2.32 bits per heavy atom. The van der Waals surface area contributed by atoms with Gasteiger partial charge < -0.3 is 9.15 Å². The van der Waals surface area contributed by atoms with Gasteiger partial charge >= 0.3 is 0 Å². The van der Waals surface area contributed by atoms with Gasteiger partial charge in [0.15, 0.2) is 0 Å². The number of rotatable bonds is 5. The van der Waals surface area contributed by atoms with E-state index in [0.29, 0.717) is 34.7 Å². The lowest BCUT2D eigenvalue weighted by molar-refractivity contribution is 0.340. The van der Waals surface area contributed by atoms with Crippen LogP contribution in [-0.2, 0) is 10.0 Å². The number of hydrogen-bond acceptors (Lipinski definition) is 5. The van der Waals surface area contributed by atoms with Gasteiger partial charge in [0.05, 0.1) is 22.5 Å². The topological polar surface area (TPSA) is 94.9 Å². The molecule has 0 radical (unpaired) electrons. The summed E-state index contributed by atoms with van der Waals surface area (Å²) in [6.45, 7) is 4.50. The van der Waals surface area contributed by atoms with Crippen LogP contribution >= 0.6 is 0 Å². The number of nitrogens with zero attached hydrogens (tertiary/aromatic N) is 1. The molecule has 31 heavy (non-hydrogen) atoms. The maximum absolute atomic E-state index is 11.5. The van der Waals surface area contributed by atoms with Crippen molar-refractivity contribution in [2.75, 3.05) is 6.61 Å². The molecular weight excluding hydrogens is 412 g/mol. The average Bonchev–Trinajstić information content (AvgIpc) is 2.74. The van der Waals surface area contributed by atoms with Crippen molar-refractivity contribution >= 4 is 26.7 Å². The Morgan fingerprint density at radius 2 is 1.68 bits per heavy atom. The van der Waals surface area contributed by atoms with E-state index < -0.39 is 10.0 Å². The van der Waals surface area contributed by atoms with Crippen LogP contribution in [0.1, 0.15) is 12.5 Å². The first-order valence-corrected chi connectivity index (χ1v) is 11.3. The molecular formula is C24H22N2O4S. The van der Waals surface area contributed by atoms with E-state index in [9.17, 15) is 8.42 Å². The Bertz CT molecular complexity index is 1410. The third kappa shape index (κ3) is 4.68. The lowest BCUT2D eigenvalue weighted by atomic mass is 10.1. The Morgan fingerprint density at radius 1 is 0.968 bits per heavy atom. The fraction of sp³-hybridized carbons (Fsp3) is 0.125. The fourth-order valence-corrected chi connectivity index (χ4v) is 3.72. The second kappa shape index (κ2) is 8.37. The molecule has 0 aliphatic carbocycles. The van der Waals surface area contributed by atoms with Crippen molar-refractivity contribution in [3.8, 4) is 17.1 Å². The number of primary sulfonamides is 1. The number of ether oxygens (including phenoxy) is 1. The summed E-state index contributed by atoms with van der Waals surface area (Å²) in [4.78, 5) is 4.79. The van der Waals surface area contributed by atoms with Crippen molar-refractivity contribution in [2.45, 2.75) is 18.7 Å². The maximum Gasteiger partial charge on any atom is 0.238 e. The Labute approximate surface area is 180 Å². The molecule has 4 aromatic rings. The minimum Gasteiger partial charge on any atom is -0.494 e. The van der Waals surface area contributed by atoms with Gasteiger partial charge in [0.2, 0.25) is 10.0 Å². The third-order valence-electron chi connectivity index (χ3n) is 4.78. The molecule has 0 aliphatic heterocycles. The van der Waals surface area contributed by atoms with Crippen molar-refractivity contribution in [2.24, 2.45) is 10.1 Å². The standard InChI is InChI=1S/C24H22N2O4S/c1-3-29-19-10-13-23-21(14-19)22(15-24(30-23)17-6-4-16(2)5-7-17)26-18-8-11-20(12-9-18)31(25,27)28/h4-15H,3H2,1-2H3,(H2,25,27,28). The summed E-state index contributed by atoms with van der Waals surface area (Å²) in [6.07, 6.45) is 0. The summed E-state index contributed by atoms with van der Waals surface area (Å²) in [6, 6.07) is 21.6. The summed E-state index contributed by atoms with van der Waals surface area (Å²) in [5.41, 5.74) is 3.35. The smallest absolute Gasteiger partial charge is 0.238 e. The average molecular weight is 435 g/mol. The second-order valence-electron chi connectivity index (χ2n) is 7.10. The molecule has 3 aromatic carbocycles. The first kappa shape index (κ1) is 20.8. The normalized spacial score (nSPS) is 12.3.